The molecule has 3 heterocycles. The van der Waals surface area contributed by atoms with Gasteiger partial charge in [-0.25, -0.2) is 9.97 Å². The molecular weight excluding hydrogens is 216 g/mol. The van der Waals surface area contributed by atoms with Crippen molar-refractivity contribution < 1.29 is 4.42 Å². The monoisotopic (exact) mass is 228 g/mol. The van der Waals surface area contributed by atoms with E-state index in [1.165, 1.54) is 0 Å². The number of fused-ring (bicyclic) bond motifs is 1. The molecule has 3 aromatic heterocycles. The Kier molecular flexibility index (Phi) is 2.11. The standard InChI is InChI=1S/C12H12N4O/c1-8-2-4-14-11-10(8)15-12(13)16(11)6-9-3-5-17-7-9/h2-5,7H,6H2,1H3,(H2,13,15). The number of nitrogen functional groups attached to an aromatic ring is 1. The summed E-state index contributed by atoms with van der Waals surface area (Å²) < 4.78 is 6.93. The highest BCUT2D eigenvalue weighted by molar-refractivity contribution is 5.77. The summed E-state index contributed by atoms with van der Waals surface area (Å²) in [4.78, 5) is 8.67. The largest absolute Gasteiger partial charge is 0.472 e. The topological polar surface area (TPSA) is 69.9 Å². The molecule has 0 aliphatic rings. The molecule has 0 fully saturated rings. The Morgan fingerprint density at radius 1 is 1.41 bits per heavy atom. The molecule has 0 aromatic carbocycles. The number of imidazole rings is 1. The van der Waals surface area contributed by atoms with Gasteiger partial charge >= 0.3 is 0 Å². The predicted molar refractivity (Wildman–Crippen MR) is 64.5 cm³/mol. The number of aryl methyl sites for hydroxylation is 1. The molecule has 5 heteroatoms. The van der Waals surface area contributed by atoms with Crippen LogP contribution in [0.4, 0.5) is 5.95 Å². The highest BCUT2D eigenvalue weighted by atomic mass is 16.3. The van der Waals surface area contributed by atoms with Gasteiger partial charge in [0, 0.05) is 11.8 Å². The third-order valence-corrected chi connectivity index (χ3v) is 2.79. The van der Waals surface area contributed by atoms with Crippen molar-refractivity contribution in [3.63, 3.8) is 0 Å². The summed E-state index contributed by atoms with van der Waals surface area (Å²) in [7, 11) is 0. The summed E-state index contributed by atoms with van der Waals surface area (Å²) in [5, 5.41) is 0. The normalized spacial score (nSPS) is 11.1. The number of anilines is 1. The van der Waals surface area contributed by atoms with Crippen molar-refractivity contribution in [3.8, 4) is 0 Å². The number of hydrogen-bond acceptors (Lipinski definition) is 4. The first-order valence-corrected chi connectivity index (χ1v) is 5.34. The Balaban J connectivity index is 2.16. The zero-order chi connectivity index (χ0) is 11.8. The van der Waals surface area contributed by atoms with Crippen molar-refractivity contribution in [1.29, 1.82) is 0 Å². The van der Waals surface area contributed by atoms with Gasteiger partial charge in [0.1, 0.15) is 5.52 Å². The second-order valence-electron chi connectivity index (χ2n) is 3.99. The van der Waals surface area contributed by atoms with Crippen molar-refractivity contribution in [2.75, 3.05) is 5.73 Å². The molecule has 3 rings (SSSR count). The van der Waals surface area contributed by atoms with Crippen LogP contribution in [0.25, 0.3) is 11.2 Å². The van der Waals surface area contributed by atoms with E-state index in [2.05, 4.69) is 9.97 Å². The smallest absolute Gasteiger partial charge is 0.202 e. The first-order chi connectivity index (χ1) is 8.25. The Morgan fingerprint density at radius 2 is 2.29 bits per heavy atom. The number of furan rings is 1. The summed E-state index contributed by atoms with van der Waals surface area (Å²) in [6.45, 7) is 2.62. The fraction of sp³-hybridized carbons (Fsp3) is 0.167. The summed E-state index contributed by atoms with van der Waals surface area (Å²) in [5.74, 6) is 0.475. The number of rotatable bonds is 2. The van der Waals surface area contributed by atoms with Crippen molar-refractivity contribution in [2.45, 2.75) is 13.5 Å². The van der Waals surface area contributed by atoms with Crippen LogP contribution in [0.5, 0.6) is 0 Å². The summed E-state index contributed by atoms with van der Waals surface area (Å²) in [5.41, 5.74) is 9.70. The lowest BCUT2D eigenvalue weighted by atomic mass is 10.3. The van der Waals surface area contributed by atoms with Gasteiger partial charge in [-0.1, -0.05) is 0 Å². The molecule has 0 saturated heterocycles. The highest BCUT2D eigenvalue weighted by Gasteiger charge is 2.11. The average molecular weight is 228 g/mol. The first-order valence-electron chi connectivity index (χ1n) is 5.34. The quantitative estimate of drug-likeness (QED) is 0.728. The third-order valence-electron chi connectivity index (χ3n) is 2.79. The van der Waals surface area contributed by atoms with Crippen LogP contribution < -0.4 is 5.73 Å². The van der Waals surface area contributed by atoms with Crippen LogP contribution in [0.2, 0.25) is 0 Å². The van der Waals surface area contributed by atoms with Crippen LogP contribution in [0.1, 0.15) is 11.1 Å². The van der Waals surface area contributed by atoms with Gasteiger partial charge in [0.2, 0.25) is 5.95 Å². The minimum atomic E-state index is 0.475. The Hall–Kier alpha value is -2.30. The molecule has 0 spiro atoms. The summed E-state index contributed by atoms with van der Waals surface area (Å²) in [6, 6.07) is 3.83. The third kappa shape index (κ3) is 1.56. The van der Waals surface area contributed by atoms with Gasteiger partial charge in [0.05, 0.1) is 19.1 Å². The molecule has 17 heavy (non-hydrogen) atoms. The number of hydrogen-bond donors (Lipinski definition) is 1. The lowest BCUT2D eigenvalue weighted by molar-refractivity contribution is 0.562. The number of pyridine rings is 1. The van der Waals surface area contributed by atoms with Crippen molar-refractivity contribution in [1.82, 2.24) is 14.5 Å². The van der Waals surface area contributed by atoms with Gasteiger partial charge in [-0.2, -0.15) is 0 Å². The maximum atomic E-state index is 5.92. The number of aromatic nitrogens is 3. The SMILES string of the molecule is Cc1ccnc2c1nc(N)n2Cc1ccoc1. The predicted octanol–water partition coefficient (Wildman–Crippen LogP) is 1.96. The van der Waals surface area contributed by atoms with Gasteiger partial charge in [-0.05, 0) is 24.6 Å². The van der Waals surface area contributed by atoms with Crippen LogP contribution in [-0.2, 0) is 6.54 Å². The minimum Gasteiger partial charge on any atom is -0.472 e. The summed E-state index contributed by atoms with van der Waals surface area (Å²) in [6.07, 6.45) is 5.11. The maximum Gasteiger partial charge on any atom is 0.202 e. The van der Waals surface area contributed by atoms with Crippen molar-refractivity contribution in [3.05, 3.63) is 42.0 Å². The average Bonchev–Trinajstić information content (AvgIpc) is 2.91. The first kappa shape index (κ1) is 9.89. The lowest BCUT2D eigenvalue weighted by Gasteiger charge is -2.03. The molecule has 5 nitrogen and oxygen atoms in total. The second-order valence-corrected chi connectivity index (χ2v) is 3.99. The molecule has 2 N–H and O–H groups in total. The van der Waals surface area contributed by atoms with E-state index in [4.69, 9.17) is 10.2 Å². The Morgan fingerprint density at radius 3 is 3.06 bits per heavy atom. The number of nitrogens with zero attached hydrogens (tertiary/aromatic N) is 3. The molecule has 0 bridgehead atoms. The van der Waals surface area contributed by atoms with Crippen LogP contribution in [0.15, 0.2) is 35.3 Å². The fourth-order valence-electron chi connectivity index (χ4n) is 1.88. The number of nitrogens with two attached hydrogens (primary N) is 1. The molecular formula is C12H12N4O. The van der Waals surface area contributed by atoms with E-state index in [0.29, 0.717) is 12.5 Å². The van der Waals surface area contributed by atoms with E-state index in [9.17, 15) is 0 Å². The minimum absolute atomic E-state index is 0.475. The van der Waals surface area contributed by atoms with Crippen LogP contribution in [0.3, 0.4) is 0 Å². The van der Waals surface area contributed by atoms with Gasteiger partial charge < -0.3 is 10.2 Å². The van der Waals surface area contributed by atoms with E-state index in [0.717, 1.165) is 22.3 Å². The zero-order valence-electron chi connectivity index (χ0n) is 9.42. The van der Waals surface area contributed by atoms with E-state index < -0.39 is 0 Å². The van der Waals surface area contributed by atoms with Crippen molar-refractivity contribution in [2.24, 2.45) is 0 Å². The van der Waals surface area contributed by atoms with E-state index in [1.807, 2.05) is 23.6 Å². The molecule has 0 aliphatic heterocycles. The Labute approximate surface area is 97.9 Å². The second kappa shape index (κ2) is 3.62. The highest BCUT2D eigenvalue weighted by Crippen LogP contribution is 2.20. The Bertz CT molecular complexity index is 655. The molecule has 0 saturated carbocycles. The molecule has 0 unspecified atom stereocenters. The summed E-state index contributed by atoms with van der Waals surface area (Å²) >= 11 is 0. The van der Waals surface area contributed by atoms with Crippen LogP contribution in [0, 0.1) is 6.92 Å². The van der Waals surface area contributed by atoms with Gasteiger partial charge in [0.15, 0.2) is 5.65 Å². The van der Waals surface area contributed by atoms with Gasteiger partial charge in [-0.3, -0.25) is 4.57 Å². The fourth-order valence-corrected chi connectivity index (χ4v) is 1.88. The van der Waals surface area contributed by atoms with Crippen LogP contribution in [-0.4, -0.2) is 14.5 Å². The molecule has 0 radical (unpaired) electrons. The lowest BCUT2D eigenvalue weighted by Crippen LogP contribution is -2.04. The van der Waals surface area contributed by atoms with Gasteiger partial charge in [0.25, 0.3) is 0 Å². The molecule has 0 atom stereocenters. The van der Waals surface area contributed by atoms with Crippen molar-refractivity contribution >= 4 is 17.1 Å². The van der Waals surface area contributed by atoms with E-state index in [1.54, 1.807) is 18.7 Å². The van der Waals surface area contributed by atoms with E-state index >= 15 is 0 Å². The van der Waals surface area contributed by atoms with E-state index in [-0.39, 0.29) is 0 Å². The molecule has 0 amide bonds. The van der Waals surface area contributed by atoms with Gasteiger partial charge in [-0.15, -0.1) is 0 Å². The molecule has 0 aliphatic carbocycles. The van der Waals surface area contributed by atoms with Crippen LogP contribution >= 0.6 is 0 Å². The maximum absolute atomic E-state index is 5.92. The molecule has 86 valence electrons. The zero-order valence-corrected chi connectivity index (χ0v) is 9.42. The molecule has 3 aromatic rings.